The molecule has 0 aliphatic carbocycles. The summed E-state index contributed by atoms with van der Waals surface area (Å²) in [7, 11) is 0. The van der Waals surface area contributed by atoms with Gasteiger partial charge in [0.15, 0.2) is 0 Å². The smallest absolute Gasteiger partial charge is 0.326 e. The van der Waals surface area contributed by atoms with Crippen LogP contribution in [0.4, 0.5) is 5.95 Å². The number of hydrogen-bond donors (Lipinski definition) is 2. The molecule has 86 valence electrons. The van der Waals surface area contributed by atoms with Crippen LogP contribution in [0.25, 0.3) is 0 Å². The minimum absolute atomic E-state index is 0.251. The van der Waals surface area contributed by atoms with Crippen LogP contribution in [0.1, 0.15) is 18.5 Å². The number of aromatic amines is 1. The van der Waals surface area contributed by atoms with Crippen LogP contribution in [0, 0.1) is 6.92 Å². The van der Waals surface area contributed by atoms with Crippen molar-refractivity contribution in [1.29, 1.82) is 0 Å². The SMILES string of the molecule is Cc1cc(=O)[nH]c(N2CCCC2C(=O)O)n1. The number of aromatic nitrogens is 2. The molecule has 16 heavy (non-hydrogen) atoms. The Morgan fingerprint density at radius 1 is 1.69 bits per heavy atom. The van der Waals surface area contributed by atoms with E-state index in [9.17, 15) is 9.59 Å². The summed E-state index contributed by atoms with van der Waals surface area (Å²) in [5, 5.41) is 9.02. The monoisotopic (exact) mass is 223 g/mol. The summed E-state index contributed by atoms with van der Waals surface area (Å²) in [4.78, 5) is 30.6. The fourth-order valence-corrected chi connectivity index (χ4v) is 1.98. The van der Waals surface area contributed by atoms with Crippen LogP contribution < -0.4 is 10.5 Å². The molecule has 0 spiro atoms. The van der Waals surface area contributed by atoms with E-state index in [0.717, 1.165) is 6.42 Å². The van der Waals surface area contributed by atoms with Crippen molar-refractivity contribution in [2.24, 2.45) is 0 Å². The Hall–Kier alpha value is -1.85. The van der Waals surface area contributed by atoms with E-state index in [1.807, 2.05) is 0 Å². The van der Waals surface area contributed by atoms with Crippen molar-refractivity contribution in [3.8, 4) is 0 Å². The number of rotatable bonds is 2. The van der Waals surface area contributed by atoms with Gasteiger partial charge in [-0.05, 0) is 19.8 Å². The van der Waals surface area contributed by atoms with Crippen molar-refractivity contribution in [2.75, 3.05) is 11.4 Å². The number of carbonyl (C=O) groups is 1. The first-order chi connectivity index (χ1) is 7.58. The Bertz CT molecular complexity index is 469. The highest BCUT2D eigenvalue weighted by molar-refractivity contribution is 5.77. The molecular formula is C10H13N3O3. The second kappa shape index (κ2) is 3.96. The summed E-state index contributed by atoms with van der Waals surface area (Å²) < 4.78 is 0. The molecule has 1 aromatic rings. The van der Waals surface area contributed by atoms with Crippen LogP contribution in [-0.2, 0) is 4.79 Å². The Kier molecular flexibility index (Phi) is 2.64. The number of nitrogens with zero attached hydrogens (tertiary/aromatic N) is 2. The van der Waals surface area contributed by atoms with Gasteiger partial charge in [0.05, 0.1) is 0 Å². The van der Waals surface area contributed by atoms with Gasteiger partial charge in [-0.1, -0.05) is 0 Å². The van der Waals surface area contributed by atoms with E-state index in [1.165, 1.54) is 6.07 Å². The molecular weight excluding hydrogens is 210 g/mol. The van der Waals surface area contributed by atoms with Gasteiger partial charge < -0.3 is 10.0 Å². The zero-order valence-electron chi connectivity index (χ0n) is 8.93. The van der Waals surface area contributed by atoms with Gasteiger partial charge in [-0.2, -0.15) is 0 Å². The molecule has 2 heterocycles. The van der Waals surface area contributed by atoms with Crippen LogP contribution in [0.2, 0.25) is 0 Å². The van der Waals surface area contributed by atoms with E-state index < -0.39 is 12.0 Å². The normalized spacial score (nSPS) is 20.1. The second-order valence-electron chi connectivity index (χ2n) is 3.90. The van der Waals surface area contributed by atoms with Crippen LogP contribution in [0.3, 0.4) is 0 Å². The van der Waals surface area contributed by atoms with Crippen molar-refractivity contribution in [3.05, 3.63) is 22.1 Å². The number of H-pyrrole nitrogens is 1. The van der Waals surface area contributed by atoms with Crippen molar-refractivity contribution < 1.29 is 9.90 Å². The lowest BCUT2D eigenvalue weighted by Crippen LogP contribution is -2.38. The fourth-order valence-electron chi connectivity index (χ4n) is 1.98. The maximum absolute atomic E-state index is 11.3. The highest BCUT2D eigenvalue weighted by atomic mass is 16.4. The number of carboxylic acids is 1. The van der Waals surface area contributed by atoms with Crippen molar-refractivity contribution in [3.63, 3.8) is 0 Å². The number of anilines is 1. The molecule has 1 aromatic heterocycles. The first-order valence-electron chi connectivity index (χ1n) is 5.15. The molecule has 1 atom stereocenters. The molecule has 0 radical (unpaired) electrons. The summed E-state index contributed by atoms with van der Waals surface area (Å²) in [5.41, 5.74) is 0.341. The molecule has 2 rings (SSSR count). The zero-order valence-corrected chi connectivity index (χ0v) is 8.93. The zero-order chi connectivity index (χ0) is 11.7. The molecule has 1 saturated heterocycles. The van der Waals surface area contributed by atoms with Crippen LogP contribution in [-0.4, -0.2) is 33.6 Å². The lowest BCUT2D eigenvalue weighted by molar-refractivity contribution is -0.138. The van der Waals surface area contributed by atoms with Gasteiger partial charge in [0, 0.05) is 18.3 Å². The standard InChI is InChI=1S/C10H13N3O3/c1-6-5-8(14)12-10(11-6)13-4-2-3-7(13)9(15)16/h5,7H,2-4H2,1H3,(H,15,16)(H,11,12,14). The van der Waals surface area contributed by atoms with Crippen LogP contribution in [0.15, 0.2) is 10.9 Å². The first-order valence-corrected chi connectivity index (χ1v) is 5.15. The Morgan fingerprint density at radius 2 is 2.44 bits per heavy atom. The van der Waals surface area contributed by atoms with Gasteiger partial charge in [-0.3, -0.25) is 9.78 Å². The molecule has 1 aliphatic rings. The third-order valence-electron chi connectivity index (χ3n) is 2.67. The maximum Gasteiger partial charge on any atom is 0.326 e. The summed E-state index contributed by atoms with van der Waals surface area (Å²) in [6.45, 7) is 2.33. The van der Waals surface area contributed by atoms with E-state index in [2.05, 4.69) is 9.97 Å². The predicted molar refractivity (Wildman–Crippen MR) is 57.6 cm³/mol. The molecule has 0 saturated carbocycles. The van der Waals surface area contributed by atoms with Gasteiger partial charge in [0.1, 0.15) is 6.04 Å². The lowest BCUT2D eigenvalue weighted by atomic mass is 10.2. The summed E-state index contributed by atoms with van der Waals surface area (Å²) in [6.07, 6.45) is 1.39. The molecule has 1 unspecified atom stereocenters. The molecule has 6 heteroatoms. The van der Waals surface area contributed by atoms with Gasteiger partial charge in [0.25, 0.3) is 5.56 Å². The van der Waals surface area contributed by atoms with E-state index >= 15 is 0 Å². The van der Waals surface area contributed by atoms with Crippen molar-refractivity contribution in [2.45, 2.75) is 25.8 Å². The largest absolute Gasteiger partial charge is 0.480 e. The van der Waals surface area contributed by atoms with Crippen LogP contribution >= 0.6 is 0 Å². The Balaban J connectivity index is 2.36. The lowest BCUT2D eigenvalue weighted by Gasteiger charge is -2.21. The van der Waals surface area contributed by atoms with Gasteiger partial charge >= 0.3 is 5.97 Å². The van der Waals surface area contributed by atoms with E-state index in [1.54, 1.807) is 11.8 Å². The minimum Gasteiger partial charge on any atom is -0.480 e. The molecule has 0 amide bonds. The summed E-state index contributed by atoms with van der Waals surface area (Å²) in [6, 6.07) is 0.806. The average Bonchev–Trinajstić information content (AvgIpc) is 2.63. The number of hydrogen-bond acceptors (Lipinski definition) is 4. The number of carboxylic acid groups (broad SMARTS) is 1. The van der Waals surface area contributed by atoms with Gasteiger partial charge in [-0.25, -0.2) is 9.78 Å². The third-order valence-corrected chi connectivity index (χ3v) is 2.67. The second-order valence-corrected chi connectivity index (χ2v) is 3.90. The topological polar surface area (TPSA) is 86.3 Å². The minimum atomic E-state index is -0.873. The number of aryl methyl sites for hydroxylation is 1. The Labute approximate surface area is 91.9 Å². The fraction of sp³-hybridized carbons (Fsp3) is 0.500. The first kappa shape index (κ1) is 10.7. The average molecular weight is 223 g/mol. The van der Waals surface area contributed by atoms with E-state index in [0.29, 0.717) is 24.6 Å². The highest BCUT2D eigenvalue weighted by Crippen LogP contribution is 2.21. The molecule has 0 bridgehead atoms. The summed E-state index contributed by atoms with van der Waals surface area (Å²) >= 11 is 0. The molecule has 2 N–H and O–H groups in total. The van der Waals surface area contributed by atoms with Gasteiger partial charge in [-0.15, -0.1) is 0 Å². The van der Waals surface area contributed by atoms with Gasteiger partial charge in [0.2, 0.25) is 5.95 Å². The van der Waals surface area contributed by atoms with E-state index in [4.69, 9.17) is 5.11 Å². The maximum atomic E-state index is 11.3. The molecule has 1 aliphatic heterocycles. The summed E-state index contributed by atoms with van der Waals surface area (Å²) in [5.74, 6) is -0.517. The quantitative estimate of drug-likeness (QED) is 0.744. The Morgan fingerprint density at radius 3 is 3.06 bits per heavy atom. The highest BCUT2D eigenvalue weighted by Gasteiger charge is 2.31. The molecule has 1 fully saturated rings. The van der Waals surface area contributed by atoms with Crippen LogP contribution in [0.5, 0.6) is 0 Å². The van der Waals surface area contributed by atoms with E-state index in [-0.39, 0.29) is 5.56 Å². The third kappa shape index (κ3) is 1.91. The number of aliphatic carboxylic acids is 1. The molecule has 0 aromatic carbocycles. The van der Waals surface area contributed by atoms with Crippen molar-refractivity contribution in [1.82, 2.24) is 9.97 Å². The predicted octanol–water partition coefficient (Wildman–Crippen LogP) is 0.132. The van der Waals surface area contributed by atoms with Crippen molar-refractivity contribution >= 4 is 11.9 Å². The number of nitrogens with one attached hydrogen (secondary N) is 1. The molecule has 6 nitrogen and oxygen atoms in total.